The second-order valence-corrected chi connectivity index (χ2v) is 4.22. The van der Waals surface area contributed by atoms with E-state index in [4.69, 9.17) is 0 Å². The van der Waals surface area contributed by atoms with Gasteiger partial charge >= 0.3 is 0 Å². The van der Waals surface area contributed by atoms with Gasteiger partial charge in [-0.1, -0.05) is 0 Å². The second-order valence-electron chi connectivity index (χ2n) is 4.22. The molecular formula is C11H15N5O2. The third-order valence-electron chi connectivity index (χ3n) is 2.91. The molecule has 1 aromatic heterocycles. The van der Waals surface area contributed by atoms with Crippen LogP contribution < -0.4 is 10.7 Å². The van der Waals surface area contributed by atoms with Crippen molar-refractivity contribution in [1.29, 1.82) is 0 Å². The number of hydrogen-bond acceptors (Lipinski definition) is 4. The number of hydrazone groups is 1. The molecule has 1 aromatic rings. The Morgan fingerprint density at radius 3 is 2.61 bits per heavy atom. The number of rotatable bonds is 2. The Labute approximate surface area is 104 Å². The Bertz CT molecular complexity index is 544. The maximum absolute atomic E-state index is 12.0. The lowest BCUT2D eigenvalue weighted by molar-refractivity contribution is -0.121. The number of hydrogen-bond donors (Lipinski definition) is 2. The molecule has 0 bridgehead atoms. The third kappa shape index (κ3) is 2.24. The van der Waals surface area contributed by atoms with Gasteiger partial charge < -0.3 is 5.32 Å². The van der Waals surface area contributed by atoms with E-state index in [1.54, 1.807) is 4.68 Å². The van der Waals surface area contributed by atoms with E-state index in [-0.39, 0.29) is 18.2 Å². The summed E-state index contributed by atoms with van der Waals surface area (Å²) in [6.07, 6.45) is 0.646. The fourth-order valence-corrected chi connectivity index (χ4v) is 1.78. The van der Waals surface area contributed by atoms with Crippen LogP contribution in [0.1, 0.15) is 24.2 Å². The van der Waals surface area contributed by atoms with Gasteiger partial charge in [-0.3, -0.25) is 14.3 Å². The van der Waals surface area contributed by atoms with Crippen LogP contribution in [0.5, 0.6) is 0 Å². The molecule has 2 heterocycles. The van der Waals surface area contributed by atoms with Gasteiger partial charge in [-0.25, -0.2) is 5.43 Å². The van der Waals surface area contributed by atoms with Crippen molar-refractivity contribution >= 4 is 23.2 Å². The summed E-state index contributed by atoms with van der Waals surface area (Å²) >= 11 is 0. The molecule has 0 saturated carbocycles. The standard InChI is InChI=1S/C11H15N5O2/c1-6-10(7(2)16(3)15-6)12-11(18)8-4-5-9(17)14-13-8/h4-5H2,1-3H3,(H,12,18)(H,14,17). The summed E-state index contributed by atoms with van der Waals surface area (Å²) in [7, 11) is 1.82. The summed E-state index contributed by atoms with van der Waals surface area (Å²) in [6.45, 7) is 3.70. The number of nitrogens with zero attached hydrogens (tertiary/aromatic N) is 3. The van der Waals surface area contributed by atoms with Crippen LogP contribution in [0.4, 0.5) is 5.69 Å². The van der Waals surface area contributed by atoms with E-state index in [0.29, 0.717) is 17.8 Å². The molecule has 2 N–H and O–H groups in total. The molecule has 0 aliphatic carbocycles. The number of anilines is 1. The number of amides is 2. The van der Waals surface area contributed by atoms with Crippen molar-refractivity contribution in [3.8, 4) is 0 Å². The first-order valence-corrected chi connectivity index (χ1v) is 5.66. The molecule has 0 fully saturated rings. The van der Waals surface area contributed by atoms with E-state index >= 15 is 0 Å². The van der Waals surface area contributed by atoms with Gasteiger partial charge in [-0.15, -0.1) is 0 Å². The normalized spacial score (nSPS) is 15.1. The van der Waals surface area contributed by atoms with Crippen molar-refractivity contribution in [3.63, 3.8) is 0 Å². The highest BCUT2D eigenvalue weighted by atomic mass is 16.2. The lowest BCUT2D eigenvalue weighted by Crippen LogP contribution is -2.33. The van der Waals surface area contributed by atoms with Crippen molar-refractivity contribution in [2.45, 2.75) is 26.7 Å². The van der Waals surface area contributed by atoms with E-state index in [1.165, 1.54) is 0 Å². The minimum absolute atomic E-state index is 0.166. The van der Waals surface area contributed by atoms with E-state index in [2.05, 4.69) is 20.9 Å². The summed E-state index contributed by atoms with van der Waals surface area (Å²) in [4.78, 5) is 22.9. The van der Waals surface area contributed by atoms with Gasteiger partial charge in [0.25, 0.3) is 5.91 Å². The Morgan fingerprint density at radius 1 is 1.39 bits per heavy atom. The lowest BCUT2D eigenvalue weighted by Gasteiger charge is -2.12. The lowest BCUT2D eigenvalue weighted by atomic mass is 10.1. The van der Waals surface area contributed by atoms with Crippen molar-refractivity contribution in [1.82, 2.24) is 15.2 Å². The van der Waals surface area contributed by atoms with Gasteiger partial charge in [0.05, 0.1) is 17.1 Å². The van der Waals surface area contributed by atoms with Gasteiger partial charge in [0.2, 0.25) is 5.91 Å². The van der Waals surface area contributed by atoms with E-state index in [9.17, 15) is 9.59 Å². The van der Waals surface area contributed by atoms with Gasteiger partial charge in [-0.2, -0.15) is 10.2 Å². The van der Waals surface area contributed by atoms with Crippen molar-refractivity contribution in [3.05, 3.63) is 11.4 Å². The largest absolute Gasteiger partial charge is 0.318 e. The average Bonchev–Trinajstić information content (AvgIpc) is 2.57. The summed E-state index contributed by atoms with van der Waals surface area (Å²) in [5.74, 6) is -0.463. The van der Waals surface area contributed by atoms with Gasteiger partial charge in [0.15, 0.2) is 0 Å². The fraction of sp³-hybridized carbons (Fsp3) is 0.455. The third-order valence-corrected chi connectivity index (χ3v) is 2.91. The van der Waals surface area contributed by atoms with Crippen LogP contribution in [0.2, 0.25) is 0 Å². The number of nitrogens with one attached hydrogen (secondary N) is 2. The summed E-state index contributed by atoms with van der Waals surface area (Å²) in [5.41, 5.74) is 4.96. The monoisotopic (exact) mass is 249 g/mol. The summed E-state index contributed by atoms with van der Waals surface area (Å²) in [6, 6.07) is 0. The predicted octanol–water partition coefficient (Wildman–Crippen LogP) is 0.241. The molecule has 18 heavy (non-hydrogen) atoms. The summed E-state index contributed by atoms with van der Waals surface area (Å²) in [5, 5.41) is 10.7. The molecule has 0 aromatic carbocycles. The molecule has 1 aliphatic rings. The van der Waals surface area contributed by atoms with E-state index < -0.39 is 0 Å². The highest BCUT2D eigenvalue weighted by Gasteiger charge is 2.20. The van der Waals surface area contributed by atoms with Crippen LogP contribution in [-0.4, -0.2) is 27.3 Å². The maximum Gasteiger partial charge on any atom is 0.271 e. The average molecular weight is 249 g/mol. The van der Waals surface area contributed by atoms with Crippen LogP contribution in [0.3, 0.4) is 0 Å². The SMILES string of the molecule is Cc1nn(C)c(C)c1NC(=O)C1=NNC(=O)CC1. The van der Waals surface area contributed by atoms with Gasteiger partial charge in [-0.05, 0) is 13.8 Å². The molecule has 1 aliphatic heterocycles. The van der Waals surface area contributed by atoms with Crippen molar-refractivity contribution < 1.29 is 9.59 Å². The second kappa shape index (κ2) is 4.59. The smallest absolute Gasteiger partial charge is 0.271 e. The Balaban J connectivity index is 2.14. The molecule has 2 rings (SSSR count). The number of carbonyl (C=O) groups excluding carboxylic acids is 2. The first kappa shape index (κ1) is 12.3. The van der Waals surface area contributed by atoms with E-state index in [0.717, 1.165) is 11.4 Å². The van der Waals surface area contributed by atoms with E-state index in [1.807, 2.05) is 20.9 Å². The predicted molar refractivity (Wildman–Crippen MR) is 66.1 cm³/mol. The van der Waals surface area contributed by atoms with Crippen LogP contribution in [0.25, 0.3) is 0 Å². The Kier molecular flexibility index (Phi) is 3.14. The highest BCUT2D eigenvalue weighted by molar-refractivity contribution is 6.43. The topological polar surface area (TPSA) is 88.4 Å². The van der Waals surface area contributed by atoms with Gasteiger partial charge in [0, 0.05) is 19.9 Å². The minimum atomic E-state index is -0.297. The minimum Gasteiger partial charge on any atom is -0.318 e. The molecule has 0 saturated heterocycles. The molecule has 7 heteroatoms. The molecule has 0 atom stereocenters. The van der Waals surface area contributed by atoms with Crippen LogP contribution in [0, 0.1) is 13.8 Å². The molecule has 2 amide bonds. The first-order valence-electron chi connectivity index (χ1n) is 5.66. The maximum atomic E-state index is 12.0. The number of aromatic nitrogens is 2. The Hall–Kier alpha value is -2.18. The van der Waals surface area contributed by atoms with Crippen LogP contribution in [0.15, 0.2) is 5.10 Å². The van der Waals surface area contributed by atoms with Crippen molar-refractivity contribution in [2.75, 3.05) is 5.32 Å². The first-order chi connectivity index (χ1) is 8.49. The zero-order valence-electron chi connectivity index (χ0n) is 10.6. The Morgan fingerprint density at radius 2 is 2.11 bits per heavy atom. The van der Waals surface area contributed by atoms with Crippen molar-refractivity contribution in [2.24, 2.45) is 12.1 Å². The summed E-state index contributed by atoms with van der Waals surface area (Å²) < 4.78 is 1.70. The molecular weight excluding hydrogens is 234 g/mol. The molecule has 7 nitrogen and oxygen atoms in total. The fourth-order valence-electron chi connectivity index (χ4n) is 1.78. The van der Waals surface area contributed by atoms with Crippen LogP contribution in [-0.2, 0) is 16.6 Å². The van der Waals surface area contributed by atoms with Crippen LogP contribution >= 0.6 is 0 Å². The molecule has 96 valence electrons. The molecule has 0 radical (unpaired) electrons. The highest BCUT2D eigenvalue weighted by Crippen LogP contribution is 2.18. The molecule has 0 unspecified atom stereocenters. The number of aryl methyl sites for hydroxylation is 2. The quantitative estimate of drug-likeness (QED) is 0.787. The number of carbonyl (C=O) groups is 2. The molecule has 0 spiro atoms. The zero-order valence-corrected chi connectivity index (χ0v) is 10.6. The zero-order chi connectivity index (χ0) is 13.3. The van der Waals surface area contributed by atoms with Gasteiger partial charge in [0.1, 0.15) is 5.71 Å².